The van der Waals surface area contributed by atoms with E-state index in [0.29, 0.717) is 6.42 Å². The number of Topliss-reactive ketones (excluding diaryl/α,β-unsaturated/α-hetero) is 1. The van der Waals surface area contributed by atoms with Gasteiger partial charge in [0.25, 0.3) is 0 Å². The first-order valence-electron chi connectivity index (χ1n) is 8.72. The van der Waals surface area contributed by atoms with Gasteiger partial charge in [0.1, 0.15) is 0 Å². The number of benzene rings is 1. The van der Waals surface area contributed by atoms with Crippen molar-refractivity contribution < 1.29 is 9.59 Å². The summed E-state index contributed by atoms with van der Waals surface area (Å²) in [6, 6.07) is 2.03. The Morgan fingerprint density at radius 2 is 1.96 bits per heavy atom. The van der Waals surface area contributed by atoms with Crippen LogP contribution in [0.3, 0.4) is 0 Å². The van der Waals surface area contributed by atoms with Gasteiger partial charge in [0.05, 0.1) is 6.04 Å². The highest BCUT2D eigenvalue weighted by Crippen LogP contribution is 2.41. The van der Waals surface area contributed by atoms with Crippen molar-refractivity contribution in [1.82, 2.24) is 4.90 Å². The molecule has 3 rings (SSSR count). The summed E-state index contributed by atoms with van der Waals surface area (Å²) in [5.41, 5.74) is 5.13. The van der Waals surface area contributed by atoms with Crippen LogP contribution in [-0.4, -0.2) is 35.7 Å². The molecule has 4 nitrogen and oxygen atoms in total. The van der Waals surface area contributed by atoms with Crippen molar-refractivity contribution in [2.45, 2.75) is 58.9 Å². The number of hydrogen-bond donors (Lipinski definition) is 1. The van der Waals surface area contributed by atoms with E-state index in [2.05, 4.69) is 37.9 Å². The molecule has 4 heteroatoms. The van der Waals surface area contributed by atoms with Gasteiger partial charge in [-0.25, -0.2) is 0 Å². The Labute approximate surface area is 138 Å². The fraction of sp³-hybridized carbons (Fsp3) is 0.579. The highest BCUT2D eigenvalue weighted by molar-refractivity contribution is 6.07. The fourth-order valence-corrected chi connectivity index (χ4v) is 4.27. The lowest BCUT2D eigenvalue weighted by molar-refractivity contribution is -0.116. The van der Waals surface area contributed by atoms with Gasteiger partial charge in [0.15, 0.2) is 5.78 Å². The van der Waals surface area contributed by atoms with E-state index < -0.39 is 0 Å². The van der Waals surface area contributed by atoms with E-state index >= 15 is 0 Å². The predicted octanol–water partition coefficient (Wildman–Crippen LogP) is 3.28. The highest BCUT2D eigenvalue weighted by atomic mass is 16.1. The monoisotopic (exact) mass is 314 g/mol. The molecule has 1 aliphatic carbocycles. The average Bonchev–Trinajstić information content (AvgIpc) is 2.50. The summed E-state index contributed by atoms with van der Waals surface area (Å²) >= 11 is 0. The molecule has 0 saturated heterocycles. The van der Waals surface area contributed by atoms with Crippen LogP contribution >= 0.6 is 0 Å². The Hall–Kier alpha value is -1.68. The maximum absolute atomic E-state index is 13.3. The van der Waals surface area contributed by atoms with Gasteiger partial charge >= 0.3 is 0 Å². The molecule has 1 heterocycles. The maximum atomic E-state index is 13.3. The number of likely N-dealkylation sites (N-methyl/N-ethyl adjacent to an activating group) is 1. The van der Waals surface area contributed by atoms with Gasteiger partial charge in [-0.2, -0.15) is 0 Å². The van der Waals surface area contributed by atoms with Crippen LogP contribution in [0.5, 0.6) is 0 Å². The van der Waals surface area contributed by atoms with Crippen molar-refractivity contribution in [1.29, 1.82) is 0 Å². The van der Waals surface area contributed by atoms with Crippen molar-refractivity contribution in [2.24, 2.45) is 0 Å². The molecule has 1 aromatic carbocycles. The van der Waals surface area contributed by atoms with Crippen LogP contribution in [0, 0.1) is 6.92 Å². The molecule has 0 saturated carbocycles. The number of fused-ring (bicyclic) bond motifs is 3. The van der Waals surface area contributed by atoms with Crippen molar-refractivity contribution >= 4 is 17.4 Å². The number of rotatable bonds is 3. The zero-order valence-electron chi connectivity index (χ0n) is 14.5. The number of carbonyl (C=O) groups is 2. The molecule has 1 aromatic rings. The van der Waals surface area contributed by atoms with Crippen LogP contribution < -0.4 is 5.32 Å². The van der Waals surface area contributed by atoms with E-state index in [4.69, 9.17) is 0 Å². The molecule has 2 atom stereocenters. The standard InChI is InChI=1S/C19H26N2O2/c1-5-21(6-2)15-8-7-13-11(3)9-14-17(18(13)19(15)23)12(4)10-16(22)20-14/h9,12,15H,5-8,10H2,1-4H3,(H,20,22). The molecular formula is C19H26N2O2. The van der Waals surface area contributed by atoms with Crippen LogP contribution in [0.15, 0.2) is 6.07 Å². The van der Waals surface area contributed by atoms with E-state index in [1.54, 1.807) is 0 Å². The summed E-state index contributed by atoms with van der Waals surface area (Å²) < 4.78 is 0. The van der Waals surface area contributed by atoms with E-state index in [1.165, 1.54) is 5.56 Å². The normalized spacial score (nSPS) is 23.5. The zero-order chi connectivity index (χ0) is 16.7. The minimum atomic E-state index is -0.0202. The third kappa shape index (κ3) is 2.59. The number of nitrogens with one attached hydrogen (secondary N) is 1. The SMILES string of the molecule is CCN(CC)C1CCc2c(C)cc3c(c2C1=O)C(C)CC(=O)N3. The molecule has 23 heavy (non-hydrogen) atoms. The van der Waals surface area contributed by atoms with Crippen LogP contribution in [0.1, 0.15) is 66.6 Å². The Balaban J connectivity index is 2.13. The lowest BCUT2D eigenvalue weighted by Crippen LogP contribution is -2.44. The minimum absolute atomic E-state index is 0.0202. The molecule has 0 radical (unpaired) electrons. The molecule has 0 bridgehead atoms. The summed E-state index contributed by atoms with van der Waals surface area (Å²) in [7, 11) is 0. The summed E-state index contributed by atoms with van der Waals surface area (Å²) in [6.07, 6.45) is 2.31. The van der Waals surface area contributed by atoms with Gasteiger partial charge in [0, 0.05) is 17.7 Å². The van der Waals surface area contributed by atoms with Crippen molar-refractivity contribution in [2.75, 3.05) is 18.4 Å². The number of ketones is 1. The molecule has 2 aliphatic rings. The van der Waals surface area contributed by atoms with E-state index in [0.717, 1.165) is 48.3 Å². The third-order valence-electron chi connectivity index (χ3n) is 5.43. The number of aryl methyl sites for hydroxylation is 1. The molecule has 0 fully saturated rings. The predicted molar refractivity (Wildman–Crippen MR) is 92.2 cm³/mol. The van der Waals surface area contributed by atoms with Crippen LogP contribution in [0.4, 0.5) is 5.69 Å². The van der Waals surface area contributed by atoms with Crippen LogP contribution in [0.2, 0.25) is 0 Å². The first-order valence-corrected chi connectivity index (χ1v) is 8.72. The van der Waals surface area contributed by atoms with Gasteiger partial charge in [-0.05, 0) is 61.5 Å². The average molecular weight is 314 g/mol. The van der Waals surface area contributed by atoms with E-state index in [1.807, 2.05) is 6.07 Å². The third-order valence-corrected chi connectivity index (χ3v) is 5.43. The number of anilines is 1. The lowest BCUT2D eigenvalue weighted by atomic mass is 9.76. The molecular weight excluding hydrogens is 288 g/mol. The van der Waals surface area contributed by atoms with Gasteiger partial charge in [-0.15, -0.1) is 0 Å². The molecule has 1 aliphatic heterocycles. The van der Waals surface area contributed by atoms with Gasteiger partial charge in [-0.3, -0.25) is 14.5 Å². The van der Waals surface area contributed by atoms with Crippen LogP contribution in [0.25, 0.3) is 0 Å². The Morgan fingerprint density at radius 1 is 1.26 bits per heavy atom. The molecule has 0 spiro atoms. The summed E-state index contributed by atoms with van der Waals surface area (Å²) in [5, 5.41) is 2.97. The van der Waals surface area contributed by atoms with Crippen molar-refractivity contribution in [3.8, 4) is 0 Å². The second-order valence-corrected chi connectivity index (χ2v) is 6.80. The molecule has 1 N–H and O–H groups in total. The molecule has 1 amide bonds. The number of hydrogen-bond acceptors (Lipinski definition) is 3. The molecule has 0 aromatic heterocycles. The largest absolute Gasteiger partial charge is 0.326 e. The van der Waals surface area contributed by atoms with E-state index in [-0.39, 0.29) is 23.7 Å². The van der Waals surface area contributed by atoms with Crippen molar-refractivity contribution in [3.05, 3.63) is 28.3 Å². The first kappa shape index (κ1) is 16.2. The molecule has 2 unspecified atom stereocenters. The molecule has 124 valence electrons. The van der Waals surface area contributed by atoms with Gasteiger partial charge in [0.2, 0.25) is 5.91 Å². The zero-order valence-corrected chi connectivity index (χ0v) is 14.5. The fourth-order valence-electron chi connectivity index (χ4n) is 4.27. The summed E-state index contributed by atoms with van der Waals surface area (Å²) in [4.78, 5) is 27.4. The van der Waals surface area contributed by atoms with Gasteiger partial charge in [-0.1, -0.05) is 20.8 Å². The van der Waals surface area contributed by atoms with Crippen LogP contribution in [-0.2, 0) is 11.2 Å². The second kappa shape index (κ2) is 6.08. The topological polar surface area (TPSA) is 49.4 Å². The number of nitrogens with zero attached hydrogens (tertiary/aromatic N) is 1. The number of amides is 1. The van der Waals surface area contributed by atoms with Gasteiger partial charge < -0.3 is 5.32 Å². The smallest absolute Gasteiger partial charge is 0.224 e. The first-order chi connectivity index (χ1) is 11.0. The maximum Gasteiger partial charge on any atom is 0.224 e. The Bertz CT molecular complexity index is 662. The minimum Gasteiger partial charge on any atom is -0.326 e. The highest BCUT2D eigenvalue weighted by Gasteiger charge is 2.37. The van der Waals surface area contributed by atoms with Crippen molar-refractivity contribution in [3.63, 3.8) is 0 Å². The lowest BCUT2D eigenvalue weighted by Gasteiger charge is -2.36. The second-order valence-electron chi connectivity index (χ2n) is 6.80. The Kier molecular flexibility index (Phi) is 4.28. The summed E-state index contributed by atoms with van der Waals surface area (Å²) in [6.45, 7) is 10.1. The summed E-state index contributed by atoms with van der Waals surface area (Å²) in [5.74, 6) is 0.401. The Morgan fingerprint density at radius 3 is 2.61 bits per heavy atom. The number of carbonyl (C=O) groups excluding carboxylic acids is 2. The quantitative estimate of drug-likeness (QED) is 0.931. The van der Waals surface area contributed by atoms with E-state index in [9.17, 15) is 9.59 Å².